The van der Waals surface area contributed by atoms with E-state index in [-0.39, 0.29) is 5.84 Å². The van der Waals surface area contributed by atoms with Gasteiger partial charge in [0.15, 0.2) is 0 Å². The van der Waals surface area contributed by atoms with Gasteiger partial charge in [-0.2, -0.15) is 0 Å². The predicted octanol–water partition coefficient (Wildman–Crippen LogP) is 1.50. The van der Waals surface area contributed by atoms with Crippen molar-refractivity contribution in [2.45, 2.75) is 25.4 Å². The molecule has 1 aliphatic rings. The van der Waals surface area contributed by atoms with Crippen LogP contribution >= 0.6 is 0 Å². The van der Waals surface area contributed by atoms with Crippen LogP contribution in [0.3, 0.4) is 0 Å². The molecule has 0 radical (unpaired) electrons. The molecule has 0 bridgehead atoms. The third-order valence-corrected chi connectivity index (χ3v) is 3.99. The van der Waals surface area contributed by atoms with Crippen molar-refractivity contribution in [3.05, 3.63) is 35.4 Å². The van der Waals surface area contributed by atoms with E-state index in [0.29, 0.717) is 6.04 Å². The Hall–Kier alpha value is -1.39. The smallest absolute Gasteiger partial charge is 0.123 e. The number of rotatable bonds is 4. The Balaban J connectivity index is 1.98. The van der Waals surface area contributed by atoms with Gasteiger partial charge in [0.25, 0.3) is 0 Å². The van der Waals surface area contributed by atoms with Gasteiger partial charge < -0.3 is 10.6 Å². The van der Waals surface area contributed by atoms with Crippen LogP contribution in [-0.2, 0) is 6.54 Å². The minimum atomic E-state index is 0.166. The molecular formula is C15H24N4. The van der Waals surface area contributed by atoms with E-state index < -0.39 is 0 Å². The number of nitrogens with zero attached hydrogens (tertiary/aromatic N) is 2. The van der Waals surface area contributed by atoms with Crippen LogP contribution in [0.5, 0.6) is 0 Å². The van der Waals surface area contributed by atoms with Gasteiger partial charge in [-0.25, -0.2) is 0 Å². The lowest BCUT2D eigenvalue weighted by Crippen LogP contribution is -2.41. The molecule has 0 unspecified atom stereocenters. The molecule has 104 valence electrons. The SMILES string of the molecule is CN(C)C1CCN(Cc2ccccc2C(=N)N)CC1. The average Bonchev–Trinajstić information content (AvgIpc) is 2.39. The minimum absolute atomic E-state index is 0.166. The van der Waals surface area contributed by atoms with Crippen molar-refractivity contribution in [1.29, 1.82) is 5.41 Å². The maximum absolute atomic E-state index is 7.63. The van der Waals surface area contributed by atoms with Gasteiger partial charge in [-0.05, 0) is 45.6 Å². The summed E-state index contributed by atoms with van der Waals surface area (Å²) in [5, 5.41) is 7.63. The van der Waals surface area contributed by atoms with Crippen LogP contribution in [-0.4, -0.2) is 48.9 Å². The van der Waals surface area contributed by atoms with E-state index in [1.165, 1.54) is 18.4 Å². The largest absolute Gasteiger partial charge is 0.384 e. The molecule has 1 saturated heterocycles. The molecule has 1 fully saturated rings. The Morgan fingerprint density at radius 2 is 1.95 bits per heavy atom. The summed E-state index contributed by atoms with van der Waals surface area (Å²) in [7, 11) is 4.32. The second kappa shape index (κ2) is 6.17. The fourth-order valence-electron chi connectivity index (χ4n) is 2.76. The lowest BCUT2D eigenvalue weighted by atomic mass is 10.0. The first-order chi connectivity index (χ1) is 9.08. The number of likely N-dealkylation sites (tertiary alicyclic amines) is 1. The number of nitrogen functional groups attached to an aromatic ring is 1. The van der Waals surface area contributed by atoms with Gasteiger partial charge in [-0.15, -0.1) is 0 Å². The lowest BCUT2D eigenvalue weighted by molar-refractivity contribution is 0.140. The van der Waals surface area contributed by atoms with Gasteiger partial charge in [-0.3, -0.25) is 10.3 Å². The van der Waals surface area contributed by atoms with Gasteiger partial charge in [-0.1, -0.05) is 24.3 Å². The first kappa shape index (κ1) is 14.0. The number of piperidine rings is 1. The van der Waals surface area contributed by atoms with Crippen molar-refractivity contribution in [2.24, 2.45) is 5.73 Å². The zero-order valence-corrected chi connectivity index (χ0v) is 11.9. The fraction of sp³-hybridized carbons (Fsp3) is 0.533. The van der Waals surface area contributed by atoms with Crippen LogP contribution in [0, 0.1) is 5.41 Å². The molecule has 1 aliphatic heterocycles. The second-order valence-electron chi connectivity index (χ2n) is 5.54. The molecule has 4 heteroatoms. The topological polar surface area (TPSA) is 56.4 Å². The lowest BCUT2D eigenvalue weighted by Gasteiger charge is -2.35. The molecule has 0 saturated carbocycles. The van der Waals surface area contributed by atoms with E-state index in [0.717, 1.165) is 25.2 Å². The van der Waals surface area contributed by atoms with Gasteiger partial charge in [0.05, 0.1) is 0 Å². The summed E-state index contributed by atoms with van der Waals surface area (Å²) in [6.45, 7) is 3.14. The maximum Gasteiger partial charge on any atom is 0.123 e. The van der Waals surface area contributed by atoms with Gasteiger partial charge in [0.1, 0.15) is 5.84 Å². The Labute approximate surface area is 115 Å². The van der Waals surface area contributed by atoms with E-state index in [1.54, 1.807) is 0 Å². The van der Waals surface area contributed by atoms with Gasteiger partial charge >= 0.3 is 0 Å². The monoisotopic (exact) mass is 260 g/mol. The molecule has 1 heterocycles. The minimum Gasteiger partial charge on any atom is -0.384 e. The van der Waals surface area contributed by atoms with E-state index in [2.05, 4.69) is 30.0 Å². The fourth-order valence-corrected chi connectivity index (χ4v) is 2.76. The van der Waals surface area contributed by atoms with Crippen LogP contribution in [0.2, 0.25) is 0 Å². The van der Waals surface area contributed by atoms with Gasteiger partial charge in [0, 0.05) is 18.2 Å². The molecule has 19 heavy (non-hydrogen) atoms. The van der Waals surface area contributed by atoms with Crippen LogP contribution in [0.4, 0.5) is 0 Å². The number of nitrogens with two attached hydrogens (primary N) is 1. The number of benzene rings is 1. The highest BCUT2D eigenvalue weighted by Gasteiger charge is 2.21. The molecule has 1 aromatic rings. The normalized spacial score (nSPS) is 17.8. The maximum atomic E-state index is 7.63. The third-order valence-electron chi connectivity index (χ3n) is 3.99. The number of nitrogens with one attached hydrogen (secondary N) is 1. The summed E-state index contributed by atoms with van der Waals surface area (Å²) in [6, 6.07) is 8.69. The van der Waals surface area contributed by atoms with Gasteiger partial charge in [0.2, 0.25) is 0 Å². The van der Waals surface area contributed by atoms with Crippen molar-refractivity contribution in [3.8, 4) is 0 Å². The molecular weight excluding hydrogens is 236 g/mol. The predicted molar refractivity (Wildman–Crippen MR) is 79.4 cm³/mol. The highest BCUT2D eigenvalue weighted by atomic mass is 15.2. The molecule has 0 aromatic heterocycles. The molecule has 3 N–H and O–H groups in total. The highest BCUT2D eigenvalue weighted by molar-refractivity contribution is 5.96. The first-order valence-electron chi connectivity index (χ1n) is 6.89. The van der Waals surface area contributed by atoms with E-state index in [4.69, 9.17) is 11.1 Å². The summed E-state index contributed by atoms with van der Waals surface area (Å²) in [4.78, 5) is 4.78. The Morgan fingerprint density at radius 1 is 1.32 bits per heavy atom. The van der Waals surface area contributed by atoms with Crippen molar-refractivity contribution in [1.82, 2.24) is 9.80 Å². The zero-order chi connectivity index (χ0) is 13.8. The first-order valence-corrected chi connectivity index (χ1v) is 6.89. The number of amidine groups is 1. The summed E-state index contributed by atoms with van der Waals surface area (Å²) < 4.78 is 0. The molecule has 4 nitrogen and oxygen atoms in total. The van der Waals surface area contributed by atoms with Crippen molar-refractivity contribution in [3.63, 3.8) is 0 Å². The molecule has 1 aromatic carbocycles. The van der Waals surface area contributed by atoms with Crippen LogP contribution in [0.1, 0.15) is 24.0 Å². The van der Waals surface area contributed by atoms with Crippen molar-refractivity contribution >= 4 is 5.84 Å². The van der Waals surface area contributed by atoms with Crippen LogP contribution in [0.25, 0.3) is 0 Å². The van der Waals surface area contributed by atoms with Crippen LogP contribution < -0.4 is 5.73 Å². The number of hydrogen-bond acceptors (Lipinski definition) is 3. The molecule has 0 aliphatic carbocycles. The molecule has 0 spiro atoms. The Kier molecular flexibility index (Phi) is 4.56. The number of hydrogen-bond donors (Lipinski definition) is 2. The highest BCUT2D eigenvalue weighted by Crippen LogP contribution is 2.18. The second-order valence-corrected chi connectivity index (χ2v) is 5.54. The summed E-state index contributed by atoms with van der Waals surface area (Å²) in [6.07, 6.45) is 2.43. The third kappa shape index (κ3) is 3.55. The molecule has 0 amide bonds. The Bertz CT molecular complexity index is 434. The quantitative estimate of drug-likeness (QED) is 0.637. The van der Waals surface area contributed by atoms with Crippen LogP contribution in [0.15, 0.2) is 24.3 Å². The van der Waals surface area contributed by atoms with Crippen molar-refractivity contribution < 1.29 is 0 Å². The average molecular weight is 260 g/mol. The Morgan fingerprint density at radius 3 is 2.53 bits per heavy atom. The standard InChI is InChI=1S/C15H24N4/c1-18(2)13-7-9-19(10-8-13)11-12-5-3-4-6-14(12)15(16)17/h3-6,13H,7-11H2,1-2H3,(H3,16,17). The zero-order valence-electron chi connectivity index (χ0n) is 11.9. The molecule has 0 atom stereocenters. The van der Waals surface area contributed by atoms with Crippen molar-refractivity contribution in [2.75, 3.05) is 27.2 Å². The van der Waals surface area contributed by atoms with E-state index in [1.807, 2.05) is 18.2 Å². The van der Waals surface area contributed by atoms with E-state index >= 15 is 0 Å². The summed E-state index contributed by atoms with van der Waals surface area (Å²) >= 11 is 0. The molecule has 2 rings (SSSR count). The summed E-state index contributed by atoms with van der Waals surface area (Å²) in [5.74, 6) is 0.166. The van der Waals surface area contributed by atoms with E-state index in [9.17, 15) is 0 Å². The summed E-state index contributed by atoms with van der Waals surface area (Å²) in [5.41, 5.74) is 7.68.